The van der Waals surface area contributed by atoms with Gasteiger partial charge in [0, 0.05) is 35.9 Å². The van der Waals surface area contributed by atoms with E-state index < -0.39 is 11.8 Å². The summed E-state index contributed by atoms with van der Waals surface area (Å²) in [5.41, 5.74) is 1.22. The molecule has 3 aromatic rings. The molecule has 1 amide bonds. The Hall–Kier alpha value is -3.25. The fourth-order valence-electron chi connectivity index (χ4n) is 5.91. The van der Waals surface area contributed by atoms with Crippen LogP contribution in [0, 0.1) is 11.7 Å². The van der Waals surface area contributed by atoms with Crippen LogP contribution in [0.3, 0.4) is 0 Å². The summed E-state index contributed by atoms with van der Waals surface area (Å²) in [6.07, 6.45) is 3.90. The summed E-state index contributed by atoms with van der Waals surface area (Å²) in [4.78, 5) is 36.5. The Morgan fingerprint density at radius 1 is 1.12 bits per heavy atom. The third-order valence-electron chi connectivity index (χ3n) is 8.25. The first-order valence-corrected chi connectivity index (χ1v) is 14.6. The van der Waals surface area contributed by atoms with Gasteiger partial charge in [-0.15, -0.1) is 0 Å². The number of carbonyl (C=O) groups excluding carboxylic acids is 1. The minimum absolute atomic E-state index is 0.0225. The number of aromatic nitrogens is 1. The molecule has 2 aromatic carbocycles. The zero-order valence-corrected chi connectivity index (χ0v) is 24.5. The third-order valence-corrected chi connectivity index (χ3v) is 8.50. The first-order chi connectivity index (χ1) is 20.2. The fourth-order valence-corrected chi connectivity index (χ4v) is 6.03. The van der Waals surface area contributed by atoms with E-state index in [9.17, 15) is 14.7 Å². The number of rotatable bonds is 11. The molecule has 0 bridgehead atoms. The second-order valence-electron chi connectivity index (χ2n) is 11.0. The highest BCUT2D eigenvalue weighted by molar-refractivity contribution is 6.30. The van der Waals surface area contributed by atoms with E-state index in [1.165, 1.54) is 0 Å². The van der Waals surface area contributed by atoms with Gasteiger partial charge in [-0.2, -0.15) is 10.0 Å². The number of nitrogens with one attached hydrogen (secondary N) is 1. The molecule has 226 valence electrons. The van der Waals surface area contributed by atoms with Crippen molar-refractivity contribution in [3.8, 4) is 0 Å². The lowest BCUT2D eigenvalue weighted by atomic mass is 9.87. The van der Waals surface area contributed by atoms with Gasteiger partial charge >= 0.3 is 5.97 Å². The first kappa shape index (κ1) is 30.2. The van der Waals surface area contributed by atoms with Crippen molar-refractivity contribution in [3.63, 3.8) is 0 Å². The number of fused-ring (bicyclic) bond motifs is 1. The minimum Gasteiger partial charge on any atom is -0.481 e. The second-order valence-corrected chi connectivity index (χ2v) is 11.5. The van der Waals surface area contributed by atoms with E-state index in [0.29, 0.717) is 55.1 Å². The predicted molar refractivity (Wildman–Crippen MR) is 155 cm³/mol. The largest absolute Gasteiger partial charge is 0.481 e. The van der Waals surface area contributed by atoms with E-state index in [1.54, 1.807) is 55.6 Å². The van der Waals surface area contributed by atoms with Gasteiger partial charge in [0.1, 0.15) is 5.52 Å². The molecular formula is C30H36ClFN4O6. The summed E-state index contributed by atoms with van der Waals surface area (Å²) in [6, 6.07) is 10.0. The lowest BCUT2D eigenvalue weighted by Crippen LogP contribution is -2.48. The van der Waals surface area contributed by atoms with Crippen LogP contribution in [0.5, 0.6) is 0 Å². The molecular weight excluding hydrogens is 567 g/mol. The zero-order valence-electron chi connectivity index (χ0n) is 23.7. The molecule has 1 aromatic heterocycles. The van der Waals surface area contributed by atoms with E-state index in [0.717, 1.165) is 12.8 Å². The molecule has 12 heteroatoms. The number of carboxylic acid groups (broad SMARTS) is 1. The summed E-state index contributed by atoms with van der Waals surface area (Å²) < 4.78 is 27.5. The van der Waals surface area contributed by atoms with E-state index in [-0.39, 0.29) is 53.6 Å². The number of halogens is 2. The molecule has 2 aliphatic rings. The highest BCUT2D eigenvalue weighted by Crippen LogP contribution is 2.31. The molecule has 0 spiro atoms. The molecule has 2 N–H and O–H groups in total. The number of carboxylic acids is 1. The summed E-state index contributed by atoms with van der Waals surface area (Å²) in [6.45, 7) is 0.858. The van der Waals surface area contributed by atoms with E-state index >= 15 is 4.39 Å². The van der Waals surface area contributed by atoms with Crippen molar-refractivity contribution < 1.29 is 33.1 Å². The van der Waals surface area contributed by atoms with Crippen LogP contribution < -0.4 is 5.32 Å². The highest BCUT2D eigenvalue weighted by atomic mass is 35.5. The number of hydroxylamine groups is 2. The summed E-state index contributed by atoms with van der Waals surface area (Å²) >= 11 is 5.94. The van der Waals surface area contributed by atoms with Gasteiger partial charge in [-0.1, -0.05) is 17.7 Å². The average Bonchev–Trinajstić information content (AvgIpc) is 3.58. The van der Waals surface area contributed by atoms with Crippen molar-refractivity contribution in [2.45, 2.75) is 63.1 Å². The average molecular weight is 603 g/mol. The van der Waals surface area contributed by atoms with Crippen molar-refractivity contribution in [1.29, 1.82) is 0 Å². The van der Waals surface area contributed by atoms with Crippen molar-refractivity contribution in [2.24, 2.45) is 5.92 Å². The number of hydrogen-bond donors (Lipinski definition) is 2. The number of nitrogens with zero attached hydrogens (tertiary/aromatic N) is 3. The van der Waals surface area contributed by atoms with Crippen LogP contribution in [0.25, 0.3) is 11.1 Å². The number of benzene rings is 2. The molecule has 2 heterocycles. The smallest absolute Gasteiger partial charge is 0.306 e. The van der Waals surface area contributed by atoms with Crippen LogP contribution in [0.2, 0.25) is 5.02 Å². The van der Waals surface area contributed by atoms with Gasteiger partial charge in [0.15, 0.2) is 11.4 Å². The molecule has 1 saturated heterocycles. The van der Waals surface area contributed by atoms with Crippen LogP contribution in [-0.2, 0) is 25.6 Å². The number of oxazole rings is 1. The molecule has 1 aliphatic heterocycles. The monoisotopic (exact) mass is 602 g/mol. The number of amides is 1. The van der Waals surface area contributed by atoms with Crippen molar-refractivity contribution in [2.75, 3.05) is 32.6 Å². The van der Waals surface area contributed by atoms with Gasteiger partial charge < -0.3 is 29.3 Å². The summed E-state index contributed by atoms with van der Waals surface area (Å²) in [7, 11) is 3.38. The fraction of sp³-hybridized carbons (Fsp3) is 0.500. The third kappa shape index (κ3) is 7.03. The molecule has 1 aliphatic carbocycles. The van der Waals surface area contributed by atoms with Crippen molar-refractivity contribution >= 4 is 46.3 Å². The van der Waals surface area contributed by atoms with E-state index in [4.69, 9.17) is 25.6 Å². The Balaban J connectivity index is 1.28. The first-order valence-electron chi connectivity index (χ1n) is 14.2. The van der Waals surface area contributed by atoms with Crippen LogP contribution in [-0.4, -0.2) is 77.4 Å². The zero-order chi connectivity index (χ0) is 29.8. The number of hydrogen-bond acceptors (Lipinski definition) is 8. The number of aliphatic carboxylic acids is 1. The number of likely N-dealkylation sites (tertiary alicyclic amines) is 1. The van der Waals surface area contributed by atoms with Gasteiger partial charge in [0.2, 0.25) is 5.91 Å². The lowest BCUT2D eigenvalue weighted by Gasteiger charge is -2.34. The Kier molecular flexibility index (Phi) is 9.62. The summed E-state index contributed by atoms with van der Waals surface area (Å²) in [5, 5.41) is 14.5. The lowest BCUT2D eigenvalue weighted by molar-refractivity contribution is -0.146. The van der Waals surface area contributed by atoms with Gasteiger partial charge in [0.25, 0.3) is 6.01 Å². The maximum atomic E-state index is 15.6. The quantitative estimate of drug-likeness (QED) is 0.277. The molecule has 10 nitrogen and oxygen atoms in total. The van der Waals surface area contributed by atoms with Gasteiger partial charge in [0.05, 0.1) is 38.2 Å². The van der Waals surface area contributed by atoms with E-state index in [1.807, 2.05) is 4.90 Å². The van der Waals surface area contributed by atoms with Crippen LogP contribution >= 0.6 is 11.6 Å². The maximum Gasteiger partial charge on any atom is 0.306 e. The summed E-state index contributed by atoms with van der Waals surface area (Å²) in [5.74, 6) is -1.90. The number of anilines is 2. The number of carbonyl (C=O) groups is 2. The van der Waals surface area contributed by atoms with Crippen LogP contribution in [0.4, 0.5) is 16.1 Å². The SMILES string of the molecule is CON(C)C[C@@H]1CC[C@@H](COC2CCC(C(=O)O)CC2)N1C(=O)Cc1ccc2nc(Nc3ccc(Cl)cc3)oc2c1F. The van der Waals surface area contributed by atoms with Crippen LogP contribution in [0.1, 0.15) is 44.1 Å². The van der Waals surface area contributed by atoms with Gasteiger partial charge in [-0.25, -0.2) is 4.39 Å². The predicted octanol–water partition coefficient (Wildman–Crippen LogP) is 5.42. The highest BCUT2D eigenvalue weighted by Gasteiger charge is 2.38. The second kappa shape index (κ2) is 13.4. The molecule has 42 heavy (non-hydrogen) atoms. The Morgan fingerprint density at radius 3 is 2.52 bits per heavy atom. The molecule has 0 unspecified atom stereocenters. The number of ether oxygens (including phenoxy) is 1. The Labute approximate surface area is 248 Å². The van der Waals surface area contributed by atoms with Crippen molar-refractivity contribution in [1.82, 2.24) is 14.9 Å². The molecule has 5 rings (SSSR count). The molecule has 2 fully saturated rings. The minimum atomic E-state index is -0.754. The maximum absolute atomic E-state index is 15.6. The molecule has 0 radical (unpaired) electrons. The van der Waals surface area contributed by atoms with Crippen molar-refractivity contribution in [3.05, 3.63) is 52.8 Å². The molecule has 2 atom stereocenters. The Morgan fingerprint density at radius 2 is 1.83 bits per heavy atom. The van der Waals surface area contributed by atoms with E-state index in [2.05, 4.69) is 10.3 Å². The molecule has 1 saturated carbocycles. The van der Waals surface area contributed by atoms with Gasteiger partial charge in [-0.3, -0.25) is 9.59 Å². The normalized spacial score (nSPS) is 22.6. The number of likely N-dealkylation sites (N-methyl/N-ethyl adjacent to an activating group) is 1. The van der Waals surface area contributed by atoms with Crippen LogP contribution in [0.15, 0.2) is 40.8 Å². The topological polar surface area (TPSA) is 117 Å². The Bertz CT molecular complexity index is 1390. The standard InChI is InChI=1S/C30H36ClFN4O6/c1-35(40-2)16-22-10-11-23(17-41-24-12-3-18(4-13-24)29(38)39)36(22)26(37)15-19-5-14-25-28(27(19)32)42-30(34-25)33-21-8-6-20(31)7-9-21/h5-9,14,18,22-24H,3-4,10-13,15-17H2,1-2H3,(H,33,34)(H,38,39)/t18?,22-,23-,24?/m0/s1. The van der Waals surface area contributed by atoms with Gasteiger partial charge in [-0.05, 0) is 68.9 Å².